The number of fused-ring (bicyclic) bond motifs is 1. The van der Waals surface area contributed by atoms with Crippen molar-refractivity contribution in [2.45, 2.75) is 18.9 Å². The van der Waals surface area contributed by atoms with Crippen LogP contribution in [-0.4, -0.2) is 18.1 Å². The highest BCUT2D eigenvalue weighted by atomic mass is 16.5. The number of nitrogens with two attached hydrogens (primary N) is 1. The largest absolute Gasteiger partial charge is 0.481 e. The standard InChI is InChI=1S/C15H17N3O/c1-19-14-7-6-13(16)15(18-14)17-12-8-10-4-2-3-5-11(10)9-12/h2-7,12H,8-9,16H2,1H3,(H,17,18). The Labute approximate surface area is 112 Å². The van der Waals surface area contributed by atoms with Crippen molar-refractivity contribution in [3.63, 3.8) is 0 Å². The maximum atomic E-state index is 5.95. The summed E-state index contributed by atoms with van der Waals surface area (Å²) in [6.07, 6.45) is 2.02. The van der Waals surface area contributed by atoms with Gasteiger partial charge in [0.2, 0.25) is 5.88 Å². The summed E-state index contributed by atoms with van der Waals surface area (Å²) in [5.74, 6) is 1.28. The van der Waals surface area contributed by atoms with Crippen molar-refractivity contribution in [3.8, 4) is 5.88 Å². The first-order valence-electron chi connectivity index (χ1n) is 6.40. The lowest BCUT2D eigenvalue weighted by molar-refractivity contribution is 0.398. The number of hydrogen-bond donors (Lipinski definition) is 2. The molecular weight excluding hydrogens is 238 g/mol. The first-order chi connectivity index (χ1) is 9.26. The lowest BCUT2D eigenvalue weighted by Crippen LogP contribution is -2.21. The molecule has 1 heterocycles. The number of hydrogen-bond acceptors (Lipinski definition) is 4. The van der Waals surface area contributed by atoms with Crippen LogP contribution in [0.3, 0.4) is 0 Å². The zero-order chi connectivity index (χ0) is 13.2. The number of nitrogens with one attached hydrogen (secondary N) is 1. The summed E-state index contributed by atoms with van der Waals surface area (Å²) >= 11 is 0. The molecule has 4 nitrogen and oxygen atoms in total. The molecule has 0 bridgehead atoms. The second-order valence-electron chi connectivity index (χ2n) is 4.81. The summed E-state index contributed by atoms with van der Waals surface area (Å²) in [6, 6.07) is 12.5. The van der Waals surface area contributed by atoms with Crippen LogP contribution in [0.1, 0.15) is 11.1 Å². The Morgan fingerprint density at radius 3 is 2.47 bits per heavy atom. The number of anilines is 2. The molecule has 0 unspecified atom stereocenters. The third kappa shape index (κ3) is 2.34. The van der Waals surface area contributed by atoms with Crippen molar-refractivity contribution in [3.05, 3.63) is 47.5 Å². The van der Waals surface area contributed by atoms with Crippen LogP contribution in [0.15, 0.2) is 36.4 Å². The van der Waals surface area contributed by atoms with E-state index < -0.39 is 0 Å². The fourth-order valence-electron chi connectivity index (χ4n) is 2.54. The Kier molecular flexibility index (Phi) is 2.99. The number of rotatable bonds is 3. The van der Waals surface area contributed by atoms with E-state index in [0.29, 0.717) is 23.4 Å². The van der Waals surface area contributed by atoms with Gasteiger partial charge in [-0.2, -0.15) is 4.98 Å². The average Bonchev–Trinajstić information content (AvgIpc) is 2.83. The molecule has 3 rings (SSSR count). The third-order valence-electron chi connectivity index (χ3n) is 3.50. The van der Waals surface area contributed by atoms with Crippen molar-refractivity contribution in [1.82, 2.24) is 4.98 Å². The minimum atomic E-state index is 0.347. The summed E-state index contributed by atoms with van der Waals surface area (Å²) in [6.45, 7) is 0. The molecule has 19 heavy (non-hydrogen) atoms. The molecule has 98 valence electrons. The van der Waals surface area contributed by atoms with E-state index in [2.05, 4.69) is 34.6 Å². The zero-order valence-electron chi connectivity index (χ0n) is 10.9. The first kappa shape index (κ1) is 11.8. The molecule has 0 saturated carbocycles. The van der Waals surface area contributed by atoms with Gasteiger partial charge in [-0.1, -0.05) is 24.3 Å². The third-order valence-corrected chi connectivity index (χ3v) is 3.50. The number of methoxy groups -OCH3 is 1. The number of ether oxygens (including phenoxy) is 1. The van der Waals surface area contributed by atoms with Gasteiger partial charge in [0.25, 0.3) is 0 Å². The van der Waals surface area contributed by atoms with Gasteiger partial charge in [0, 0.05) is 12.1 Å². The summed E-state index contributed by atoms with van der Waals surface area (Å²) < 4.78 is 5.13. The van der Waals surface area contributed by atoms with Crippen molar-refractivity contribution in [2.24, 2.45) is 0 Å². The van der Waals surface area contributed by atoms with Crippen LogP contribution in [0.25, 0.3) is 0 Å². The van der Waals surface area contributed by atoms with Crippen LogP contribution >= 0.6 is 0 Å². The van der Waals surface area contributed by atoms with E-state index in [9.17, 15) is 0 Å². The molecule has 2 aromatic rings. The molecule has 0 saturated heterocycles. The van der Waals surface area contributed by atoms with Gasteiger partial charge in [0.05, 0.1) is 12.8 Å². The minimum Gasteiger partial charge on any atom is -0.481 e. The zero-order valence-corrected chi connectivity index (χ0v) is 10.9. The molecule has 1 aromatic heterocycles. The summed E-state index contributed by atoms with van der Waals surface area (Å²) in [7, 11) is 1.60. The van der Waals surface area contributed by atoms with E-state index in [-0.39, 0.29) is 0 Å². The highest BCUT2D eigenvalue weighted by Gasteiger charge is 2.21. The van der Waals surface area contributed by atoms with Gasteiger partial charge in [-0.3, -0.25) is 0 Å². The quantitative estimate of drug-likeness (QED) is 0.883. The minimum absolute atomic E-state index is 0.347. The van der Waals surface area contributed by atoms with Crippen LogP contribution in [-0.2, 0) is 12.8 Å². The SMILES string of the molecule is COc1ccc(N)c(NC2Cc3ccccc3C2)n1. The van der Waals surface area contributed by atoms with Crippen molar-refractivity contribution >= 4 is 11.5 Å². The molecule has 4 heteroatoms. The van der Waals surface area contributed by atoms with Crippen LogP contribution in [0.2, 0.25) is 0 Å². The number of aromatic nitrogens is 1. The normalized spacial score (nSPS) is 14.2. The van der Waals surface area contributed by atoms with Gasteiger partial charge in [0.15, 0.2) is 5.82 Å². The number of nitrogens with zero attached hydrogens (tertiary/aromatic N) is 1. The molecule has 1 aliphatic carbocycles. The van der Waals surface area contributed by atoms with Crippen LogP contribution < -0.4 is 15.8 Å². The lowest BCUT2D eigenvalue weighted by Gasteiger charge is -2.15. The van der Waals surface area contributed by atoms with Gasteiger partial charge in [-0.25, -0.2) is 0 Å². The number of pyridine rings is 1. The van der Waals surface area contributed by atoms with E-state index in [1.54, 1.807) is 13.2 Å². The van der Waals surface area contributed by atoms with Crippen molar-refractivity contribution in [1.29, 1.82) is 0 Å². The van der Waals surface area contributed by atoms with Crippen LogP contribution in [0.4, 0.5) is 11.5 Å². The molecule has 0 spiro atoms. The Bertz CT molecular complexity index is 573. The van der Waals surface area contributed by atoms with Crippen molar-refractivity contribution < 1.29 is 4.74 Å². The smallest absolute Gasteiger partial charge is 0.215 e. The van der Waals surface area contributed by atoms with Gasteiger partial charge in [-0.05, 0) is 30.0 Å². The van der Waals surface area contributed by atoms with E-state index >= 15 is 0 Å². The highest BCUT2D eigenvalue weighted by molar-refractivity contribution is 5.62. The number of nitrogen functional groups attached to an aromatic ring is 1. The van der Waals surface area contributed by atoms with E-state index in [0.717, 1.165) is 12.8 Å². The molecule has 0 atom stereocenters. The Morgan fingerprint density at radius 2 is 1.84 bits per heavy atom. The number of benzene rings is 1. The summed E-state index contributed by atoms with van der Waals surface area (Å²) in [5, 5.41) is 3.41. The van der Waals surface area contributed by atoms with Crippen LogP contribution in [0.5, 0.6) is 5.88 Å². The monoisotopic (exact) mass is 255 g/mol. The fourth-order valence-corrected chi connectivity index (χ4v) is 2.54. The van der Waals surface area contributed by atoms with E-state index in [4.69, 9.17) is 10.5 Å². The first-order valence-corrected chi connectivity index (χ1v) is 6.40. The Hall–Kier alpha value is -2.23. The van der Waals surface area contributed by atoms with E-state index in [1.807, 2.05) is 6.07 Å². The van der Waals surface area contributed by atoms with Gasteiger partial charge >= 0.3 is 0 Å². The molecule has 0 fully saturated rings. The molecule has 0 amide bonds. The van der Waals surface area contributed by atoms with Crippen LogP contribution in [0, 0.1) is 0 Å². The Morgan fingerprint density at radius 1 is 1.16 bits per heavy atom. The van der Waals surface area contributed by atoms with Gasteiger partial charge in [0.1, 0.15) is 0 Å². The highest BCUT2D eigenvalue weighted by Crippen LogP contribution is 2.26. The molecule has 0 radical (unpaired) electrons. The molecule has 1 aliphatic rings. The molecule has 0 aliphatic heterocycles. The molecule has 3 N–H and O–H groups in total. The average molecular weight is 255 g/mol. The fraction of sp³-hybridized carbons (Fsp3) is 0.267. The predicted molar refractivity (Wildman–Crippen MR) is 76.5 cm³/mol. The maximum Gasteiger partial charge on any atom is 0.215 e. The van der Waals surface area contributed by atoms with E-state index in [1.165, 1.54) is 11.1 Å². The topological polar surface area (TPSA) is 60.2 Å². The van der Waals surface area contributed by atoms with Gasteiger partial charge < -0.3 is 15.8 Å². The van der Waals surface area contributed by atoms with Gasteiger partial charge in [-0.15, -0.1) is 0 Å². The Balaban J connectivity index is 1.77. The van der Waals surface area contributed by atoms with Crippen molar-refractivity contribution in [2.75, 3.05) is 18.2 Å². The second kappa shape index (κ2) is 4.80. The second-order valence-corrected chi connectivity index (χ2v) is 4.81. The lowest BCUT2D eigenvalue weighted by atomic mass is 10.1. The molecule has 1 aromatic carbocycles. The maximum absolute atomic E-state index is 5.95. The summed E-state index contributed by atoms with van der Waals surface area (Å²) in [5.41, 5.74) is 9.40. The summed E-state index contributed by atoms with van der Waals surface area (Å²) in [4.78, 5) is 4.36. The predicted octanol–water partition coefficient (Wildman–Crippen LogP) is 2.25. The molecular formula is C15H17N3O.